The molecule has 0 saturated carbocycles. The fraction of sp³-hybridized carbons (Fsp3) is 0.286. The molecule has 0 spiro atoms. The van der Waals surface area contributed by atoms with E-state index in [1.807, 2.05) is 43.3 Å². The maximum absolute atomic E-state index is 13.2. The van der Waals surface area contributed by atoms with Gasteiger partial charge in [-0.25, -0.2) is 9.97 Å². The molecule has 3 aromatic rings. The minimum absolute atomic E-state index is 0. The lowest BCUT2D eigenvalue weighted by atomic mass is 10.1. The number of pyridine rings is 2. The van der Waals surface area contributed by atoms with Gasteiger partial charge in [-0.3, -0.25) is 4.79 Å². The number of amides is 1. The van der Waals surface area contributed by atoms with Crippen LogP contribution in [0.2, 0.25) is 0 Å². The summed E-state index contributed by atoms with van der Waals surface area (Å²) in [6.45, 7) is 4.16. The van der Waals surface area contributed by atoms with Crippen LogP contribution in [0.5, 0.6) is 5.75 Å². The van der Waals surface area contributed by atoms with E-state index in [2.05, 4.69) is 15.3 Å². The lowest BCUT2D eigenvalue weighted by Gasteiger charge is -2.27. The highest BCUT2D eigenvalue weighted by Gasteiger charge is 2.23. The minimum Gasteiger partial charge on any atom is -0.497 e. The number of nitrogens with one attached hydrogen (secondary N) is 1. The largest absolute Gasteiger partial charge is 0.497 e. The Kier molecular flexibility index (Phi) is 6.51. The van der Waals surface area contributed by atoms with Crippen molar-refractivity contribution in [2.75, 3.05) is 38.7 Å². The van der Waals surface area contributed by atoms with Crippen LogP contribution in [0.4, 0.5) is 11.4 Å². The number of halogens is 1. The van der Waals surface area contributed by atoms with Gasteiger partial charge < -0.3 is 19.7 Å². The smallest absolute Gasteiger partial charge is 0.257 e. The number of carbonyl (C=O) groups excluding carboxylic acids is 1. The van der Waals surface area contributed by atoms with Crippen molar-refractivity contribution >= 4 is 40.7 Å². The molecule has 4 rings (SSSR count). The highest BCUT2D eigenvalue weighted by molar-refractivity contribution is 6.07. The normalized spacial score (nSPS) is 13.7. The molecule has 1 saturated heterocycles. The number of rotatable bonds is 4. The van der Waals surface area contributed by atoms with Crippen molar-refractivity contribution in [3.05, 3.63) is 53.9 Å². The third kappa shape index (κ3) is 4.41. The lowest BCUT2D eigenvalue weighted by Crippen LogP contribution is -2.41. The summed E-state index contributed by atoms with van der Waals surface area (Å²) in [5, 5.41) is 4.19. The zero-order chi connectivity index (χ0) is 19.5. The number of fused-ring (bicyclic) bond motifs is 1. The molecule has 0 aliphatic carbocycles. The number of nitrogens with zero attached hydrogens (tertiary/aromatic N) is 3. The third-order valence-corrected chi connectivity index (χ3v) is 4.74. The van der Waals surface area contributed by atoms with Crippen LogP contribution in [0.1, 0.15) is 16.1 Å². The first-order chi connectivity index (χ1) is 13.7. The van der Waals surface area contributed by atoms with Crippen molar-refractivity contribution < 1.29 is 14.3 Å². The number of morpholine rings is 1. The van der Waals surface area contributed by atoms with Crippen LogP contribution >= 0.6 is 12.4 Å². The first-order valence-electron chi connectivity index (χ1n) is 9.20. The van der Waals surface area contributed by atoms with E-state index in [0.29, 0.717) is 43.2 Å². The Balaban J connectivity index is 0.00000240. The highest BCUT2D eigenvalue weighted by atomic mass is 35.5. The Morgan fingerprint density at radius 2 is 2.00 bits per heavy atom. The predicted octanol–water partition coefficient (Wildman–Crippen LogP) is 3.58. The maximum atomic E-state index is 13.2. The fourth-order valence-corrected chi connectivity index (χ4v) is 3.25. The SMILES string of the molecule is COc1cccc(Nc2c(C(=O)N3CCOCC3)cnc3nc(C)ccc23)c1.Cl. The van der Waals surface area contributed by atoms with Gasteiger partial charge >= 0.3 is 0 Å². The zero-order valence-corrected chi connectivity index (χ0v) is 17.2. The number of methoxy groups -OCH3 is 1. The molecule has 1 aliphatic rings. The van der Waals surface area contributed by atoms with Crippen LogP contribution in [0.3, 0.4) is 0 Å². The third-order valence-electron chi connectivity index (χ3n) is 4.74. The van der Waals surface area contributed by atoms with Gasteiger partial charge in [-0.15, -0.1) is 12.4 Å². The molecule has 1 aliphatic heterocycles. The van der Waals surface area contributed by atoms with Crippen LogP contribution in [-0.4, -0.2) is 54.2 Å². The molecule has 0 radical (unpaired) electrons. The summed E-state index contributed by atoms with van der Waals surface area (Å²) in [4.78, 5) is 23.9. The van der Waals surface area contributed by atoms with E-state index in [0.717, 1.165) is 22.5 Å². The van der Waals surface area contributed by atoms with Crippen LogP contribution < -0.4 is 10.1 Å². The van der Waals surface area contributed by atoms with Gasteiger partial charge in [-0.05, 0) is 31.2 Å². The molecule has 0 bridgehead atoms. The summed E-state index contributed by atoms with van der Waals surface area (Å²) in [6.07, 6.45) is 1.61. The molecule has 7 nitrogen and oxygen atoms in total. The van der Waals surface area contributed by atoms with Gasteiger partial charge in [0.15, 0.2) is 5.65 Å². The second-order valence-corrected chi connectivity index (χ2v) is 6.63. The number of anilines is 2. The summed E-state index contributed by atoms with van der Waals surface area (Å²) in [6, 6.07) is 11.5. The topological polar surface area (TPSA) is 76.6 Å². The maximum Gasteiger partial charge on any atom is 0.257 e. The Bertz CT molecular complexity index is 1020. The molecule has 0 unspecified atom stereocenters. The van der Waals surface area contributed by atoms with Crippen LogP contribution in [0, 0.1) is 6.92 Å². The molecule has 0 atom stereocenters. The number of aryl methyl sites for hydroxylation is 1. The van der Waals surface area contributed by atoms with Crippen molar-refractivity contribution in [3.8, 4) is 5.75 Å². The molecule has 2 aromatic heterocycles. The number of benzene rings is 1. The Morgan fingerprint density at radius 1 is 1.21 bits per heavy atom. The van der Waals surface area contributed by atoms with E-state index < -0.39 is 0 Å². The predicted molar refractivity (Wildman–Crippen MR) is 115 cm³/mol. The number of hydrogen-bond donors (Lipinski definition) is 1. The number of carbonyl (C=O) groups is 1. The molecule has 1 N–H and O–H groups in total. The van der Waals surface area contributed by atoms with Crippen molar-refractivity contribution in [2.24, 2.45) is 0 Å². The molecule has 29 heavy (non-hydrogen) atoms. The molecule has 152 valence electrons. The van der Waals surface area contributed by atoms with Gasteiger partial charge in [0, 0.05) is 42.1 Å². The molecule has 1 amide bonds. The van der Waals surface area contributed by atoms with E-state index in [9.17, 15) is 4.79 Å². The molecular weight excluding hydrogens is 392 g/mol. The highest BCUT2D eigenvalue weighted by Crippen LogP contribution is 2.31. The molecule has 1 aromatic carbocycles. The Labute approximate surface area is 175 Å². The van der Waals surface area contributed by atoms with E-state index in [4.69, 9.17) is 9.47 Å². The standard InChI is InChI=1S/C21H22N4O3.ClH/c1-14-6-7-17-19(24-15-4-3-5-16(12-15)27-2)18(13-22-20(17)23-14)21(26)25-8-10-28-11-9-25;/h3-7,12-13H,8-11H2,1-2H3,(H,22,23,24);1H. The number of hydrogen-bond acceptors (Lipinski definition) is 6. The van der Waals surface area contributed by atoms with Crippen molar-refractivity contribution in [3.63, 3.8) is 0 Å². The summed E-state index contributed by atoms with van der Waals surface area (Å²) >= 11 is 0. The molecule has 8 heteroatoms. The van der Waals surface area contributed by atoms with Crippen LogP contribution in [0.15, 0.2) is 42.6 Å². The second-order valence-electron chi connectivity index (χ2n) is 6.63. The number of aromatic nitrogens is 2. The van der Waals surface area contributed by atoms with Gasteiger partial charge in [0.2, 0.25) is 0 Å². The Hall–Kier alpha value is -2.90. The van der Waals surface area contributed by atoms with Gasteiger partial charge in [0.1, 0.15) is 5.75 Å². The average Bonchev–Trinajstić information content (AvgIpc) is 2.74. The van der Waals surface area contributed by atoms with Crippen molar-refractivity contribution in [1.82, 2.24) is 14.9 Å². The quantitative estimate of drug-likeness (QED) is 0.703. The molecular formula is C21H23ClN4O3. The van der Waals surface area contributed by atoms with E-state index in [1.54, 1.807) is 18.2 Å². The molecule has 1 fully saturated rings. The van der Waals surface area contributed by atoms with E-state index in [1.165, 1.54) is 0 Å². The average molecular weight is 415 g/mol. The van der Waals surface area contributed by atoms with Gasteiger partial charge in [-0.2, -0.15) is 0 Å². The first kappa shape index (κ1) is 20.8. The van der Waals surface area contributed by atoms with Gasteiger partial charge in [-0.1, -0.05) is 6.07 Å². The van der Waals surface area contributed by atoms with E-state index >= 15 is 0 Å². The monoisotopic (exact) mass is 414 g/mol. The van der Waals surface area contributed by atoms with Crippen molar-refractivity contribution in [1.29, 1.82) is 0 Å². The first-order valence-corrected chi connectivity index (χ1v) is 9.20. The zero-order valence-electron chi connectivity index (χ0n) is 16.3. The minimum atomic E-state index is -0.0660. The Morgan fingerprint density at radius 3 is 2.76 bits per heavy atom. The van der Waals surface area contributed by atoms with Crippen LogP contribution in [0.25, 0.3) is 11.0 Å². The van der Waals surface area contributed by atoms with Crippen molar-refractivity contribution in [2.45, 2.75) is 6.92 Å². The van der Waals surface area contributed by atoms with Crippen LogP contribution in [-0.2, 0) is 4.74 Å². The summed E-state index contributed by atoms with van der Waals surface area (Å²) in [7, 11) is 1.63. The summed E-state index contributed by atoms with van der Waals surface area (Å²) < 4.78 is 10.7. The van der Waals surface area contributed by atoms with Gasteiger partial charge in [0.05, 0.1) is 31.6 Å². The lowest BCUT2D eigenvalue weighted by molar-refractivity contribution is 0.0303. The summed E-state index contributed by atoms with van der Waals surface area (Å²) in [5.74, 6) is 0.669. The van der Waals surface area contributed by atoms with Gasteiger partial charge in [0.25, 0.3) is 5.91 Å². The fourth-order valence-electron chi connectivity index (χ4n) is 3.25. The molecule has 3 heterocycles. The second kappa shape index (κ2) is 9.07. The number of ether oxygens (including phenoxy) is 2. The summed E-state index contributed by atoms with van der Waals surface area (Å²) in [5.41, 5.74) is 3.51. The van der Waals surface area contributed by atoms with E-state index in [-0.39, 0.29) is 18.3 Å².